The molecule has 54 heavy (non-hydrogen) atoms. The van der Waals surface area contributed by atoms with E-state index in [0.29, 0.717) is 11.8 Å². The van der Waals surface area contributed by atoms with Crippen molar-refractivity contribution in [3.05, 3.63) is 145 Å². The molecule has 0 nitrogen and oxygen atoms in total. The first-order chi connectivity index (χ1) is 23.6. The minimum absolute atomic E-state index is 0. The zero-order valence-corrected chi connectivity index (χ0v) is 40.7. The summed E-state index contributed by atoms with van der Waals surface area (Å²) in [6, 6.07) is 36.5. The van der Waals surface area contributed by atoms with Crippen molar-refractivity contribution in [2.45, 2.75) is 119 Å². The fourth-order valence-corrected chi connectivity index (χ4v) is 7.51. The van der Waals surface area contributed by atoms with E-state index in [1.807, 2.05) is 0 Å². The second-order valence-electron chi connectivity index (χ2n) is 16.3. The van der Waals surface area contributed by atoms with E-state index in [1.54, 1.807) is 0 Å². The van der Waals surface area contributed by atoms with Gasteiger partial charge in [-0.3, -0.25) is 0 Å². The maximum atomic E-state index is 3.06. The monoisotopic (exact) mass is 854 g/mol. The van der Waals surface area contributed by atoms with Crippen molar-refractivity contribution in [2.75, 3.05) is 0 Å². The van der Waals surface area contributed by atoms with E-state index in [-0.39, 0.29) is 50.5 Å². The predicted molar refractivity (Wildman–Crippen MR) is 247 cm³/mol. The fraction of sp³-hybridized carbons (Fsp3) is 0.360. The number of benzene rings is 4. The molecule has 0 aromatic heterocycles. The fourth-order valence-electron chi connectivity index (χ4n) is 7.51. The molecule has 0 amide bonds. The van der Waals surface area contributed by atoms with Crippen LogP contribution in [0.15, 0.2) is 97.1 Å². The molecule has 6 aromatic rings. The number of hydrogen-bond donors (Lipinski definition) is 0. The first-order valence-corrected chi connectivity index (χ1v) is 22.7. The normalized spacial score (nSPS) is 12.0. The molecule has 0 spiro atoms. The van der Waals surface area contributed by atoms with Gasteiger partial charge in [-0.05, 0) is 57.8 Å². The summed E-state index contributed by atoms with van der Waals surface area (Å²) in [5.41, 5.74) is 14.4. The van der Waals surface area contributed by atoms with E-state index < -0.39 is 0 Å². The molecule has 0 aliphatic carbocycles. The number of hydrogen-bond acceptors (Lipinski definition) is 0. The Morgan fingerprint density at radius 2 is 0.833 bits per heavy atom. The van der Waals surface area contributed by atoms with Gasteiger partial charge in [-0.2, -0.15) is 11.1 Å². The molecule has 0 aliphatic rings. The molecule has 4 heteroatoms. The molecule has 0 saturated carbocycles. The Hall–Kier alpha value is -2.22. The van der Waals surface area contributed by atoms with Crippen molar-refractivity contribution in [2.24, 2.45) is 0 Å². The van der Waals surface area contributed by atoms with Gasteiger partial charge < -0.3 is 14.9 Å². The average molecular weight is 857 g/mol. The summed E-state index contributed by atoms with van der Waals surface area (Å²) < 4.78 is 0. The van der Waals surface area contributed by atoms with Crippen LogP contribution in [0.2, 0.25) is 0 Å². The molecule has 6 aromatic carbocycles. The second-order valence-corrected chi connectivity index (χ2v) is 16.3. The third kappa shape index (κ3) is 11.4. The van der Waals surface area contributed by atoms with Gasteiger partial charge in [0.1, 0.15) is 0 Å². The van der Waals surface area contributed by atoms with Gasteiger partial charge in [-0.15, -0.1) is 93.9 Å². The Balaban J connectivity index is 0.000000929. The van der Waals surface area contributed by atoms with Crippen LogP contribution in [0.4, 0.5) is 0 Å². The topological polar surface area (TPSA) is 0 Å². The van der Waals surface area contributed by atoms with Crippen LogP contribution in [-0.4, -0.2) is 6.88 Å². The first kappa shape index (κ1) is 51.8. The summed E-state index contributed by atoms with van der Waals surface area (Å²) in [4.78, 5) is 0. The van der Waals surface area contributed by atoms with Crippen molar-refractivity contribution in [3.63, 3.8) is 0 Å². The molecule has 2 radical (unpaired) electrons. The summed E-state index contributed by atoms with van der Waals surface area (Å²) in [6.07, 6.45) is 2.37. The third-order valence-electron chi connectivity index (χ3n) is 10.8. The molecule has 0 bridgehead atoms. The van der Waals surface area contributed by atoms with E-state index in [1.165, 1.54) is 113 Å². The maximum absolute atomic E-state index is 3.06. The van der Waals surface area contributed by atoms with Crippen LogP contribution in [0, 0.1) is 28.7 Å². The molecule has 2 unspecified atom stereocenters. The van der Waals surface area contributed by atoms with Crippen molar-refractivity contribution in [1.29, 1.82) is 0 Å². The molecule has 292 valence electrons. The summed E-state index contributed by atoms with van der Waals surface area (Å²) in [5, 5.41) is 5.55. The average Bonchev–Trinajstić information content (AvgIpc) is 3.66. The number of aryl methyl sites for hydroxylation is 2. The zero-order valence-electron chi connectivity index (χ0n) is 35.6. The SMILES string of the molecule is CCC(C)c1ccc(-c2cccc3[cH-]c(C(C)(C)C)c(C)c23)cc1.CCC(C)c1ccc(-c2cccc3[cH-]c(C(C)(C)C)c(C)c23)cc1.Cl.Cl.[CH3-].[CH3-].[Si]=[Zr]. The van der Waals surface area contributed by atoms with Gasteiger partial charge in [-0.25, -0.2) is 0 Å². The van der Waals surface area contributed by atoms with E-state index >= 15 is 0 Å². The number of fused-ring (bicyclic) bond motifs is 2. The standard InChI is InChI=1S/2C24H29.2CH3.2ClH.Si.Zr/c2*1-7-16(2)18-11-13-19(14-12-18)21-10-8-9-20-15-22(24(4,5)6)17(3)23(20)21;;;;;;/h2*8-16H,7H2,1-6H3;2*1H3;2*1H;;/q4*-1;;;;. The molecule has 6 rings (SSSR count). The predicted octanol–water partition coefficient (Wildman–Crippen LogP) is 16.1. The van der Waals surface area contributed by atoms with Crippen LogP contribution in [0.3, 0.4) is 0 Å². The molecule has 0 N–H and O–H groups in total. The first-order valence-electron chi connectivity index (χ1n) is 18.5. The van der Waals surface area contributed by atoms with Gasteiger partial charge in [0.25, 0.3) is 0 Å². The Morgan fingerprint density at radius 1 is 0.537 bits per heavy atom. The third-order valence-corrected chi connectivity index (χ3v) is 10.8. The Bertz CT molecular complexity index is 1870. The summed E-state index contributed by atoms with van der Waals surface area (Å²) in [6.45, 7) is 30.5. The van der Waals surface area contributed by atoms with E-state index in [9.17, 15) is 0 Å². The van der Waals surface area contributed by atoms with Gasteiger partial charge in [0.15, 0.2) is 0 Å². The summed E-state index contributed by atoms with van der Waals surface area (Å²) >= 11 is 1.36. The second kappa shape index (κ2) is 21.9. The van der Waals surface area contributed by atoms with Crippen LogP contribution in [0.25, 0.3) is 43.8 Å². The van der Waals surface area contributed by atoms with Crippen molar-refractivity contribution in [1.82, 2.24) is 0 Å². The molecule has 2 atom stereocenters. The number of rotatable bonds is 6. The van der Waals surface area contributed by atoms with Crippen LogP contribution in [-0.2, 0) is 34.2 Å². The molecule has 0 heterocycles. The molecule has 0 aliphatic heterocycles. The summed E-state index contributed by atoms with van der Waals surface area (Å²) in [7, 11) is 0. The van der Waals surface area contributed by atoms with Crippen molar-refractivity contribution >= 4 is 53.2 Å². The van der Waals surface area contributed by atoms with E-state index in [4.69, 9.17) is 0 Å². The Kier molecular flexibility index (Phi) is 21.0. The molecular formula is C50H66Cl2SiZr-4. The van der Waals surface area contributed by atoms with Gasteiger partial charge >= 0.3 is 30.2 Å². The summed E-state index contributed by atoms with van der Waals surface area (Å²) in [5.74, 6) is 1.26. The zero-order chi connectivity index (χ0) is 37.0. The van der Waals surface area contributed by atoms with Gasteiger partial charge in [0.05, 0.1) is 0 Å². The van der Waals surface area contributed by atoms with Crippen molar-refractivity contribution < 1.29 is 23.3 Å². The van der Waals surface area contributed by atoms with E-state index in [0.717, 1.165) is 0 Å². The molecule has 0 saturated heterocycles. The van der Waals surface area contributed by atoms with Crippen LogP contribution in [0.1, 0.15) is 127 Å². The van der Waals surface area contributed by atoms with Gasteiger partial charge in [0, 0.05) is 0 Å². The molecular weight excluding hydrogens is 791 g/mol. The molecule has 0 fully saturated rings. The van der Waals surface area contributed by atoms with Gasteiger partial charge in [-0.1, -0.05) is 155 Å². The number of halogens is 2. The van der Waals surface area contributed by atoms with E-state index in [2.05, 4.69) is 187 Å². The quantitative estimate of drug-likeness (QED) is 0.116. The van der Waals surface area contributed by atoms with Crippen LogP contribution < -0.4 is 0 Å². The van der Waals surface area contributed by atoms with Crippen molar-refractivity contribution in [3.8, 4) is 22.3 Å². The van der Waals surface area contributed by atoms with Crippen LogP contribution >= 0.6 is 24.8 Å². The van der Waals surface area contributed by atoms with Crippen LogP contribution in [0.5, 0.6) is 0 Å². The van der Waals surface area contributed by atoms with Gasteiger partial charge in [0.2, 0.25) is 0 Å². The minimum atomic E-state index is 0. The Labute approximate surface area is 360 Å². The Morgan fingerprint density at radius 3 is 1.09 bits per heavy atom.